The summed E-state index contributed by atoms with van der Waals surface area (Å²) < 4.78 is 1.78. The van der Waals surface area contributed by atoms with E-state index in [1.807, 2.05) is 0 Å². The Morgan fingerprint density at radius 3 is 2.67 bits per heavy atom. The van der Waals surface area contributed by atoms with E-state index >= 15 is 0 Å². The number of nitrogens with one attached hydrogen (secondary N) is 1. The molecule has 0 unspecified atom stereocenters. The van der Waals surface area contributed by atoms with Gasteiger partial charge >= 0.3 is 0 Å². The lowest BCUT2D eigenvalue weighted by Crippen LogP contribution is -2.35. The van der Waals surface area contributed by atoms with Crippen LogP contribution in [0.3, 0.4) is 0 Å². The van der Waals surface area contributed by atoms with Crippen LogP contribution in [0.4, 0.5) is 5.69 Å². The van der Waals surface area contributed by atoms with Gasteiger partial charge in [-0.15, -0.1) is 0 Å². The number of nitro groups is 1. The molecule has 9 nitrogen and oxygen atoms in total. The van der Waals surface area contributed by atoms with E-state index in [1.54, 1.807) is 41.1 Å². The van der Waals surface area contributed by atoms with E-state index in [-0.39, 0.29) is 17.1 Å². The van der Waals surface area contributed by atoms with Crippen LogP contribution < -0.4 is 0 Å². The van der Waals surface area contributed by atoms with Crippen molar-refractivity contribution in [2.24, 2.45) is 16.0 Å². The number of amidine groups is 2. The number of aromatic nitrogens is 1. The first-order valence-electron chi connectivity index (χ1n) is 9.25. The molecule has 152 valence electrons. The van der Waals surface area contributed by atoms with Crippen molar-refractivity contribution in [1.82, 2.24) is 9.58 Å². The SMILES string of the molecule is CC(C)CC1=NN2C(=N)/C(=C\c3cccn3-c3ccc([N+](=O)[O-])cc3)C(=O)N=C2S1. The Bertz CT molecular complexity index is 1140. The number of carbonyl (C=O) groups is 1. The molecular weight excluding hydrogens is 404 g/mol. The van der Waals surface area contributed by atoms with Gasteiger partial charge in [0.05, 0.1) is 10.5 Å². The van der Waals surface area contributed by atoms with Crippen LogP contribution in [0.25, 0.3) is 11.8 Å². The summed E-state index contributed by atoms with van der Waals surface area (Å²) in [6, 6.07) is 9.69. The highest BCUT2D eigenvalue weighted by atomic mass is 32.2. The van der Waals surface area contributed by atoms with Crippen molar-refractivity contribution in [2.45, 2.75) is 20.3 Å². The van der Waals surface area contributed by atoms with Crippen LogP contribution in [-0.2, 0) is 4.79 Å². The zero-order chi connectivity index (χ0) is 21.4. The minimum absolute atomic E-state index is 0.00138. The highest BCUT2D eigenvalue weighted by molar-refractivity contribution is 8.26. The van der Waals surface area contributed by atoms with Gasteiger partial charge in [0.1, 0.15) is 5.04 Å². The molecule has 1 N–H and O–H groups in total. The van der Waals surface area contributed by atoms with Crippen molar-refractivity contribution in [2.75, 3.05) is 0 Å². The third-order valence-electron chi connectivity index (χ3n) is 4.49. The summed E-state index contributed by atoms with van der Waals surface area (Å²) in [6.45, 7) is 4.16. The van der Waals surface area contributed by atoms with E-state index in [0.29, 0.717) is 22.5 Å². The van der Waals surface area contributed by atoms with Crippen LogP contribution in [0.2, 0.25) is 0 Å². The molecule has 2 aliphatic heterocycles. The van der Waals surface area contributed by atoms with Crippen molar-refractivity contribution in [3.05, 3.63) is 64.0 Å². The van der Waals surface area contributed by atoms with Crippen LogP contribution in [0, 0.1) is 21.4 Å². The van der Waals surface area contributed by atoms with Gasteiger partial charge in [-0.3, -0.25) is 20.3 Å². The molecule has 0 aliphatic carbocycles. The Labute approximate surface area is 176 Å². The van der Waals surface area contributed by atoms with Gasteiger partial charge in [-0.25, -0.2) is 0 Å². The fourth-order valence-corrected chi connectivity index (χ4v) is 4.19. The molecule has 4 rings (SSSR count). The highest BCUT2D eigenvalue weighted by Crippen LogP contribution is 2.30. The molecule has 10 heteroatoms. The topological polar surface area (TPSA) is 117 Å². The maximum atomic E-state index is 12.6. The van der Waals surface area contributed by atoms with Gasteiger partial charge in [0.2, 0.25) is 5.17 Å². The summed E-state index contributed by atoms with van der Waals surface area (Å²) in [5.41, 5.74) is 1.48. The molecule has 0 atom stereocenters. The maximum Gasteiger partial charge on any atom is 0.283 e. The fourth-order valence-electron chi connectivity index (χ4n) is 3.09. The summed E-state index contributed by atoms with van der Waals surface area (Å²) in [4.78, 5) is 27.1. The number of fused-ring (bicyclic) bond motifs is 1. The van der Waals surface area contributed by atoms with Crippen molar-refractivity contribution in [3.8, 4) is 5.69 Å². The zero-order valence-corrected chi connectivity index (χ0v) is 17.1. The third kappa shape index (κ3) is 3.69. The first kappa shape index (κ1) is 19.8. The van der Waals surface area contributed by atoms with Crippen molar-refractivity contribution >= 4 is 45.5 Å². The number of carbonyl (C=O) groups excluding carboxylic acids is 1. The van der Waals surface area contributed by atoms with Gasteiger partial charge in [0.25, 0.3) is 11.6 Å². The van der Waals surface area contributed by atoms with E-state index in [0.717, 1.165) is 11.5 Å². The molecule has 0 bridgehead atoms. The molecule has 30 heavy (non-hydrogen) atoms. The Morgan fingerprint density at radius 1 is 1.27 bits per heavy atom. The number of hydrogen-bond acceptors (Lipinski definition) is 6. The lowest BCUT2D eigenvalue weighted by molar-refractivity contribution is -0.384. The van der Waals surface area contributed by atoms with Gasteiger partial charge in [-0.05, 0) is 48.0 Å². The molecule has 0 saturated heterocycles. The third-order valence-corrected chi connectivity index (χ3v) is 5.42. The molecule has 0 spiro atoms. The Hall–Kier alpha value is -3.53. The number of aliphatic imine (C=N–C) groups is 1. The quantitative estimate of drug-likeness (QED) is 0.443. The fraction of sp³-hybridized carbons (Fsp3) is 0.200. The van der Waals surface area contributed by atoms with Gasteiger partial charge in [0, 0.05) is 36.1 Å². The summed E-state index contributed by atoms with van der Waals surface area (Å²) in [5, 5.41) is 26.4. The van der Waals surface area contributed by atoms with Gasteiger partial charge in [-0.1, -0.05) is 13.8 Å². The van der Waals surface area contributed by atoms with Gasteiger partial charge in [0.15, 0.2) is 5.84 Å². The molecule has 2 aromatic rings. The van der Waals surface area contributed by atoms with Crippen LogP contribution in [-0.4, -0.2) is 36.5 Å². The predicted octanol–water partition coefficient (Wildman–Crippen LogP) is 4.05. The first-order valence-corrected chi connectivity index (χ1v) is 10.1. The number of benzene rings is 1. The molecule has 1 aromatic carbocycles. The average Bonchev–Trinajstić information content (AvgIpc) is 3.31. The lowest BCUT2D eigenvalue weighted by atomic mass is 10.1. The smallest absolute Gasteiger partial charge is 0.283 e. The van der Waals surface area contributed by atoms with Gasteiger partial charge < -0.3 is 4.57 Å². The van der Waals surface area contributed by atoms with E-state index in [2.05, 4.69) is 23.9 Å². The lowest BCUT2D eigenvalue weighted by Gasteiger charge is -2.20. The molecule has 0 radical (unpaired) electrons. The second kappa shape index (κ2) is 7.71. The van der Waals surface area contributed by atoms with Crippen LogP contribution in [0.1, 0.15) is 26.0 Å². The maximum absolute atomic E-state index is 12.6. The largest absolute Gasteiger partial charge is 0.317 e. The predicted molar refractivity (Wildman–Crippen MR) is 117 cm³/mol. The number of nitrogens with zero attached hydrogens (tertiary/aromatic N) is 5. The highest BCUT2D eigenvalue weighted by Gasteiger charge is 2.35. The van der Waals surface area contributed by atoms with E-state index in [4.69, 9.17) is 5.41 Å². The number of hydrogen-bond donors (Lipinski definition) is 1. The summed E-state index contributed by atoms with van der Waals surface area (Å²) in [6.07, 6.45) is 4.13. The molecular formula is C20H18N6O3S. The van der Waals surface area contributed by atoms with Crippen LogP contribution in [0.5, 0.6) is 0 Å². The second-order valence-electron chi connectivity index (χ2n) is 7.19. The molecule has 1 aromatic heterocycles. The van der Waals surface area contributed by atoms with E-state index in [9.17, 15) is 14.9 Å². The summed E-state index contributed by atoms with van der Waals surface area (Å²) in [7, 11) is 0. The molecule has 3 heterocycles. The minimum atomic E-state index is -0.490. The number of amides is 1. The first-order chi connectivity index (χ1) is 14.3. The normalized spacial score (nSPS) is 17.4. The number of non-ortho nitro benzene ring substituents is 1. The average molecular weight is 422 g/mol. The monoisotopic (exact) mass is 422 g/mol. The van der Waals surface area contributed by atoms with E-state index in [1.165, 1.54) is 28.9 Å². The van der Waals surface area contributed by atoms with Crippen LogP contribution in [0.15, 0.2) is 58.3 Å². The van der Waals surface area contributed by atoms with Crippen molar-refractivity contribution in [1.29, 1.82) is 5.41 Å². The van der Waals surface area contributed by atoms with E-state index < -0.39 is 10.8 Å². The number of hydrazone groups is 1. The Morgan fingerprint density at radius 2 is 2.00 bits per heavy atom. The molecule has 0 fully saturated rings. The molecule has 1 amide bonds. The number of thioether (sulfide) groups is 1. The summed E-state index contributed by atoms with van der Waals surface area (Å²) >= 11 is 1.32. The second-order valence-corrected chi connectivity index (χ2v) is 8.23. The van der Waals surface area contributed by atoms with Crippen molar-refractivity contribution < 1.29 is 9.72 Å². The number of rotatable bonds is 5. The van der Waals surface area contributed by atoms with Crippen LogP contribution >= 0.6 is 11.8 Å². The Balaban J connectivity index is 1.66. The molecule has 0 saturated carbocycles. The van der Waals surface area contributed by atoms with Crippen molar-refractivity contribution in [3.63, 3.8) is 0 Å². The standard InChI is InChI=1S/C20H18N6O3S/c1-12(2)10-17-23-25-18(21)16(19(27)22-20(25)30-17)11-15-4-3-9-24(15)13-5-7-14(8-6-13)26(28)29/h3-9,11-12,21H,10H2,1-2H3/b16-11+,21-18?. The van der Waals surface area contributed by atoms with Gasteiger partial charge in [-0.2, -0.15) is 15.1 Å². The zero-order valence-electron chi connectivity index (χ0n) is 16.3. The number of nitro benzene ring substituents is 1. The Kier molecular flexibility index (Phi) is 5.08. The minimum Gasteiger partial charge on any atom is -0.317 e. The molecule has 2 aliphatic rings. The summed E-state index contributed by atoms with van der Waals surface area (Å²) in [5.74, 6) is -0.105.